The molecule has 1 fully saturated rings. The van der Waals surface area contributed by atoms with Crippen LogP contribution in [0.5, 0.6) is 5.75 Å². The molecular weight excluding hydrogens is 237 g/mol. The molecule has 0 radical (unpaired) electrons. The van der Waals surface area contributed by atoms with Gasteiger partial charge in [0.15, 0.2) is 11.6 Å². The van der Waals surface area contributed by atoms with E-state index in [1.54, 1.807) is 0 Å². The monoisotopic (exact) mass is 253 g/mol. The molecule has 0 atom stereocenters. The van der Waals surface area contributed by atoms with Crippen LogP contribution in [-0.4, -0.2) is 26.2 Å². The Kier molecular flexibility index (Phi) is 4.15. The van der Waals surface area contributed by atoms with Gasteiger partial charge in [-0.15, -0.1) is 0 Å². The van der Waals surface area contributed by atoms with Gasteiger partial charge in [0.05, 0.1) is 7.11 Å². The number of hydrogen-bond acceptors (Lipinski definition) is 3. The Bertz CT molecular complexity index is 430. The van der Waals surface area contributed by atoms with E-state index in [0.29, 0.717) is 18.9 Å². The van der Waals surface area contributed by atoms with Gasteiger partial charge in [-0.2, -0.15) is 0 Å². The fourth-order valence-electron chi connectivity index (χ4n) is 1.94. The minimum Gasteiger partial charge on any atom is -0.494 e. The summed E-state index contributed by atoms with van der Waals surface area (Å²) < 4.78 is 23.3. The molecule has 4 nitrogen and oxygen atoms in total. The number of methoxy groups -OCH3 is 1. The number of halogens is 1. The molecule has 0 unspecified atom stereocenters. The molecule has 0 saturated carbocycles. The van der Waals surface area contributed by atoms with Crippen LogP contribution in [0.15, 0.2) is 18.2 Å². The van der Waals surface area contributed by atoms with E-state index in [-0.39, 0.29) is 17.6 Å². The van der Waals surface area contributed by atoms with Gasteiger partial charge in [0, 0.05) is 30.9 Å². The van der Waals surface area contributed by atoms with Crippen molar-refractivity contribution in [1.82, 2.24) is 0 Å². The topological polar surface area (TPSA) is 47.6 Å². The summed E-state index contributed by atoms with van der Waals surface area (Å²) in [6.07, 6.45) is 1.45. The zero-order chi connectivity index (χ0) is 13.0. The molecule has 1 aliphatic heterocycles. The molecule has 1 aromatic carbocycles. The lowest BCUT2D eigenvalue weighted by molar-refractivity contribution is -0.122. The quantitative estimate of drug-likeness (QED) is 0.898. The van der Waals surface area contributed by atoms with E-state index in [0.717, 1.165) is 12.8 Å². The Balaban J connectivity index is 2.02. The van der Waals surface area contributed by atoms with Gasteiger partial charge < -0.3 is 14.8 Å². The summed E-state index contributed by atoms with van der Waals surface area (Å²) in [5.74, 6) is -0.400. The molecule has 1 aliphatic rings. The Labute approximate surface area is 105 Å². The van der Waals surface area contributed by atoms with Crippen LogP contribution in [0.3, 0.4) is 0 Å². The first-order valence-corrected chi connectivity index (χ1v) is 5.93. The Morgan fingerprint density at radius 1 is 1.44 bits per heavy atom. The Hall–Kier alpha value is -1.62. The van der Waals surface area contributed by atoms with Crippen molar-refractivity contribution >= 4 is 11.6 Å². The van der Waals surface area contributed by atoms with Crippen molar-refractivity contribution in [1.29, 1.82) is 0 Å². The molecule has 1 heterocycles. The summed E-state index contributed by atoms with van der Waals surface area (Å²) in [5.41, 5.74) is 0.546. The molecule has 0 aliphatic carbocycles. The molecule has 0 spiro atoms. The zero-order valence-electron chi connectivity index (χ0n) is 10.2. The zero-order valence-corrected chi connectivity index (χ0v) is 10.2. The van der Waals surface area contributed by atoms with Gasteiger partial charge in [-0.3, -0.25) is 4.79 Å². The van der Waals surface area contributed by atoms with Gasteiger partial charge in [-0.05, 0) is 25.0 Å². The van der Waals surface area contributed by atoms with Crippen LogP contribution < -0.4 is 10.1 Å². The van der Waals surface area contributed by atoms with E-state index in [4.69, 9.17) is 9.47 Å². The molecule has 0 aromatic heterocycles. The predicted molar refractivity (Wildman–Crippen MR) is 65.1 cm³/mol. The molecular formula is C13H16FNO3. The number of ether oxygens (including phenoxy) is 2. The normalized spacial score (nSPS) is 16.3. The predicted octanol–water partition coefficient (Wildman–Crippen LogP) is 2.20. The van der Waals surface area contributed by atoms with E-state index < -0.39 is 5.82 Å². The van der Waals surface area contributed by atoms with Crippen LogP contribution in [0.2, 0.25) is 0 Å². The molecule has 1 saturated heterocycles. The molecule has 18 heavy (non-hydrogen) atoms. The van der Waals surface area contributed by atoms with Crippen LogP contribution in [0.4, 0.5) is 10.1 Å². The van der Waals surface area contributed by atoms with Crippen LogP contribution in [-0.2, 0) is 9.53 Å². The highest BCUT2D eigenvalue weighted by atomic mass is 19.1. The first-order chi connectivity index (χ1) is 8.70. The third kappa shape index (κ3) is 2.98. The lowest BCUT2D eigenvalue weighted by atomic mass is 9.99. The van der Waals surface area contributed by atoms with Crippen molar-refractivity contribution in [2.45, 2.75) is 12.8 Å². The van der Waals surface area contributed by atoms with Crippen molar-refractivity contribution in [2.24, 2.45) is 5.92 Å². The third-order valence-electron chi connectivity index (χ3n) is 3.01. The second kappa shape index (κ2) is 5.82. The number of carbonyl (C=O) groups excluding carboxylic acids is 1. The number of benzene rings is 1. The standard InChI is InChI=1S/C13H16FNO3/c1-17-12-8-10(2-3-11(12)14)15-13(16)9-4-6-18-7-5-9/h2-3,8-9H,4-7H2,1H3,(H,15,16). The number of hydrogen-bond donors (Lipinski definition) is 1. The van der Waals surface area contributed by atoms with Gasteiger partial charge in [0.2, 0.25) is 5.91 Å². The average Bonchev–Trinajstić information content (AvgIpc) is 2.42. The summed E-state index contributed by atoms with van der Waals surface area (Å²) in [6.45, 7) is 1.23. The summed E-state index contributed by atoms with van der Waals surface area (Å²) in [6, 6.07) is 4.28. The molecule has 98 valence electrons. The lowest BCUT2D eigenvalue weighted by Crippen LogP contribution is -2.28. The molecule has 0 bridgehead atoms. The van der Waals surface area contributed by atoms with Crippen LogP contribution in [0.1, 0.15) is 12.8 Å². The van der Waals surface area contributed by atoms with Gasteiger partial charge in [0.25, 0.3) is 0 Å². The van der Waals surface area contributed by atoms with Gasteiger partial charge in [0.1, 0.15) is 0 Å². The van der Waals surface area contributed by atoms with E-state index in [2.05, 4.69) is 5.32 Å². The van der Waals surface area contributed by atoms with E-state index in [1.807, 2.05) is 0 Å². The fraction of sp³-hybridized carbons (Fsp3) is 0.462. The number of nitrogens with one attached hydrogen (secondary N) is 1. The highest BCUT2D eigenvalue weighted by Crippen LogP contribution is 2.23. The van der Waals surface area contributed by atoms with Crippen molar-refractivity contribution < 1.29 is 18.7 Å². The number of rotatable bonds is 3. The van der Waals surface area contributed by atoms with Gasteiger partial charge in [-0.1, -0.05) is 0 Å². The van der Waals surface area contributed by atoms with Crippen LogP contribution >= 0.6 is 0 Å². The smallest absolute Gasteiger partial charge is 0.227 e. The maximum atomic E-state index is 13.2. The van der Waals surface area contributed by atoms with Crippen molar-refractivity contribution in [3.8, 4) is 5.75 Å². The summed E-state index contributed by atoms with van der Waals surface area (Å²) in [4.78, 5) is 12.0. The summed E-state index contributed by atoms with van der Waals surface area (Å²) >= 11 is 0. The minimum atomic E-state index is -0.443. The first-order valence-electron chi connectivity index (χ1n) is 5.93. The molecule has 2 rings (SSSR count). The molecule has 1 aromatic rings. The highest BCUT2D eigenvalue weighted by molar-refractivity contribution is 5.92. The Morgan fingerprint density at radius 3 is 2.83 bits per heavy atom. The van der Waals surface area contributed by atoms with Gasteiger partial charge in [-0.25, -0.2) is 4.39 Å². The third-order valence-corrected chi connectivity index (χ3v) is 3.01. The highest BCUT2D eigenvalue weighted by Gasteiger charge is 2.21. The van der Waals surface area contributed by atoms with E-state index in [9.17, 15) is 9.18 Å². The largest absolute Gasteiger partial charge is 0.494 e. The molecule has 1 amide bonds. The second-order valence-corrected chi connectivity index (χ2v) is 4.23. The fourth-order valence-corrected chi connectivity index (χ4v) is 1.94. The van der Waals surface area contributed by atoms with Crippen LogP contribution in [0.25, 0.3) is 0 Å². The average molecular weight is 253 g/mol. The van der Waals surface area contributed by atoms with Crippen molar-refractivity contribution in [3.63, 3.8) is 0 Å². The molecule has 5 heteroatoms. The van der Waals surface area contributed by atoms with Gasteiger partial charge >= 0.3 is 0 Å². The number of carbonyl (C=O) groups is 1. The van der Waals surface area contributed by atoms with E-state index >= 15 is 0 Å². The van der Waals surface area contributed by atoms with Crippen LogP contribution in [0, 0.1) is 11.7 Å². The summed E-state index contributed by atoms with van der Waals surface area (Å²) in [7, 11) is 1.39. The molecule has 1 N–H and O–H groups in total. The lowest BCUT2D eigenvalue weighted by Gasteiger charge is -2.21. The van der Waals surface area contributed by atoms with Crippen molar-refractivity contribution in [2.75, 3.05) is 25.6 Å². The number of amides is 1. The Morgan fingerprint density at radius 2 is 2.17 bits per heavy atom. The SMILES string of the molecule is COc1cc(NC(=O)C2CCOCC2)ccc1F. The first kappa shape index (κ1) is 12.8. The minimum absolute atomic E-state index is 0.0326. The maximum absolute atomic E-state index is 13.2. The number of anilines is 1. The summed E-state index contributed by atoms with van der Waals surface area (Å²) in [5, 5.41) is 2.77. The maximum Gasteiger partial charge on any atom is 0.227 e. The van der Waals surface area contributed by atoms with E-state index in [1.165, 1.54) is 25.3 Å². The second-order valence-electron chi connectivity index (χ2n) is 4.23. The van der Waals surface area contributed by atoms with Crippen molar-refractivity contribution in [3.05, 3.63) is 24.0 Å².